The number of rotatable bonds is 87. The molecule has 108 heavy (non-hydrogen) atoms. The molecule has 2 unspecified atom stereocenters. The maximum Gasteiger partial charge on any atom is 0.472 e. The Bertz CT molecular complexity index is 2080. The summed E-state index contributed by atoms with van der Waals surface area (Å²) >= 11 is 0. The number of esters is 4. The maximum absolute atomic E-state index is 13.2. The van der Waals surface area contributed by atoms with Crippen LogP contribution in [-0.4, -0.2) is 96.7 Å². The molecule has 3 N–H and O–H groups in total. The van der Waals surface area contributed by atoms with E-state index in [1.165, 1.54) is 283 Å². The Morgan fingerprint density at radius 2 is 0.426 bits per heavy atom. The third-order valence-electron chi connectivity index (χ3n) is 20.9. The molecule has 0 bridgehead atoms. The van der Waals surface area contributed by atoms with Crippen molar-refractivity contribution in [2.24, 2.45) is 17.8 Å². The number of aliphatic hydroxyl groups is 1. The van der Waals surface area contributed by atoms with Gasteiger partial charge in [-0.15, -0.1) is 0 Å². The highest BCUT2D eigenvalue weighted by Gasteiger charge is 2.31. The summed E-state index contributed by atoms with van der Waals surface area (Å²) in [7, 11) is -9.93. The van der Waals surface area contributed by atoms with E-state index in [1.54, 1.807) is 0 Å². The summed E-state index contributed by atoms with van der Waals surface area (Å²) in [4.78, 5) is 73.3. The lowest BCUT2D eigenvalue weighted by Crippen LogP contribution is -2.30. The molecule has 0 spiro atoms. The van der Waals surface area contributed by atoms with Gasteiger partial charge in [0.15, 0.2) is 12.2 Å². The first-order chi connectivity index (χ1) is 52.2. The quantitative estimate of drug-likeness (QED) is 0.0222. The zero-order valence-corrected chi connectivity index (χ0v) is 73.1. The molecule has 0 aromatic heterocycles. The van der Waals surface area contributed by atoms with Gasteiger partial charge in [0.2, 0.25) is 0 Å². The Labute approximate surface area is 664 Å². The summed E-state index contributed by atoms with van der Waals surface area (Å²) in [5.74, 6) is 0.330. The van der Waals surface area contributed by atoms with Gasteiger partial charge in [-0.25, -0.2) is 9.13 Å². The monoisotopic (exact) mass is 1580 g/mol. The molecule has 0 saturated heterocycles. The molecule has 0 amide bonds. The number of unbranched alkanes of at least 4 members (excludes halogenated alkanes) is 55. The second-order valence-corrected chi connectivity index (χ2v) is 36.3. The predicted molar refractivity (Wildman–Crippen MR) is 446 cm³/mol. The van der Waals surface area contributed by atoms with Crippen molar-refractivity contribution in [2.45, 2.75) is 491 Å². The number of carbonyl (C=O) groups is 4. The van der Waals surface area contributed by atoms with Crippen LogP contribution in [0.25, 0.3) is 0 Å². The van der Waals surface area contributed by atoms with Crippen molar-refractivity contribution in [3.8, 4) is 0 Å². The lowest BCUT2D eigenvalue weighted by molar-refractivity contribution is -0.161. The minimum absolute atomic E-state index is 0.108. The van der Waals surface area contributed by atoms with Gasteiger partial charge in [0.25, 0.3) is 0 Å². The lowest BCUT2D eigenvalue weighted by atomic mass is 10.0. The minimum atomic E-state index is -4.97. The molecule has 0 aliphatic heterocycles. The standard InChI is InChI=1S/C89H174O17P2/c1-8-9-10-11-12-13-32-42-49-56-63-70-86(91)99-76-84(105-89(94)73-66-59-52-45-38-31-25-19-22-28-35-41-48-55-62-69-82(6)7)78-103-107(95,96)101-74-83(90)75-102-108(97,98)104-79-85(77-100-87(92)71-64-57-50-43-36-29-24-18-21-27-34-40-47-54-61-68-81(4)5)106-88(93)72-65-58-51-44-37-30-23-17-15-14-16-20-26-33-39-46-53-60-67-80(2)3/h80-85,90H,8-79H2,1-7H3,(H,95,96)(H,97,98)/t83-,84+,85+/m0/s1. The molecule has 0 aromatic carbocycles. The number of hydrogen-bond acceptors (Lipinski definition) is 15. The number of phosphoric acid groups is 2. The second kappa shape index (κ2) is 78.9. The smallest absolute Gasteiger partial charge is 0.462 e. The van der Waals surface area contributed by atoms with Crippen LogP contribution in [0.5, 0.6) is 0 Å². The van der Waals surface area contributed by atoms with Crippen LogP contribution in [0.3, 0.4) is 0 Å². The van der Waals surface area contributed by atoms with Crippen molar-refractivity contribution >= 4 is 39.5 Å². The molecule has 0 radical (unpaired) electrons. The highest BCUT2D eigenvalue weighted by molar-refractivity contribution is 7.47. The highest BCUT2D eigenvalue weighted by Crippen LogP contribution is 2.45. The van der Waals surface area contributed by atoms with Crippen LogP contribution in [0.15, 0.2) is 0 Å². The highest BCUT2D eigenvalue weighted by atomic mass is 31.2. The molecular weight excluding hydrogens is 1400 g/mol. The van der Waals surface area contributed by atoms with Gasteiger partial charge < -0.3 is 33.8 Å². The first-order valence-electron chi connectivity index (χ1n) is 45.8. The zero-order valence-electron chi connectivity index (χ0n) is 71.3. The second-order valence-electron chi connectivity index (χ2n) is 33.4. The Morgan fingerprint density at radius 3 is 0.630 bits per heavy atom. The first-order valence-corrected chi connectivity index (χ1v) is 48.8. The van der Waals surface area contributed by atoms with Gasteiger partial charge >= 0.3 is 39.5 Å². The number of aliphatic hydroxyl groups excluding tert-OH is 1. The minimum Gasteiger partial charge on any atom is -0.462 e. The van der Waals surface area contributed by atoms with Crippen molar-refractivity contribution < 1.29 is 80.2 Å². The Kier molecular flexibility index (Phi) is 77.5. The van der Waals surface area contributed by atoms with Gasteiger partial charge in [-0.1, -0.05) is 421 Å². The van der Waals surface area contributed by atoms with Crippen LogP contribution in [0.2, 0.25) is 0 Å². The summed E-state index contributed by atoms with van der Waals surface area (Å²) in [6.45, 7) is 12.1. The molecule has 0 heterocycles. The van der Waals surface area contributed by atoms with Gasteiger partial charge in [0.1, 0.15) is 19.3 Å². The van der Waals surface area contributed by atoms with E-state index in [1.807, 2.05) is 0 Å². The summed E-state index contributed by atoms with van der Waals surface area (Å²) < 4.78 is 69.0. The van der Waals surface area contributed by atoms with E-state index in [9.17, 15) is 43.2 Å². The van der Waals surface area contributed by atoms with Crippen molar-refractivity contribution in [3.05, 3.63) is 0 Å². The topological polar surface area (TPSA) is 237 Å². The Balaban J connectivity index is 5.24. The molecule has 0 saturated carbocycles. The van der Waals surface area contributed by atoms with Crippen LogP contribution in [0.4, 0.5) is 0 Å². The average Bonchev–Trinajstić information content (AvgIpc) is 0.898. The average molecular weight is 1580 g/mol. The van der Waals surface area contributed by atoms with E-state index < -0.39 is 97.5 Å². The fourth-order valence-corrected chi connectivity index (χ4v) is 15.5. The largest absolute Gasteiger partial charge is 0.472 e. The van der Waals surface area contributed by atoms with Crippen LogP contribution in [0, 0.1) is 17.8 Å². The Hall–Kier alpha value is -1.94. The predicted octanol–water partition coefficient (Wildman–Crippen LogP) is 27.3. The summed E-state index contributed by atoms with van der Waals surface area (Å²) in [5.41, 5.74) is 0. The van der Waals surface area contributed by atoms with E-state index in [0.29, 0.717) is 25.7 Å². The number of phosphoric ester groups is 2. The Morgan fingerprint density at radius 1 is 0.250 bits per heavy atom. The third kappa shape index (κ3) is 82.1. The normalized spacial score (nSPS) is 13.8. The van der Waals surface area contributed by atoms with E-state index in [-0.39, 0.29) is 25.7 Å². The fourth-order valence-electron chi connectivity index (χ4n) is 13.9. The van der Waals surface area contributed by atoms with Crippen LogP contribution in [-0.2, 0) is 65.4 Å². The summed E-state index contributed by atoms with van der Waals surface area (Å²) in [6, 6.07) is 0. The first kappa shape index (κ1) is 106. The van der Waals surface area contributed by atoms with Gasteiger partial charge in [0, 0.05) is 25.7 Å². The SMILES string of the molecule is CCCCCCCCCCCCCC(=O)OC[C@H](COP(=O)(O)OC[C@H](O)COP(=O)(O)OC[C@@H](COC(=O)CCCCCCCCCCCCCCCCCC(C)C)OC(=O)CCCCCCCCCCCCCCCCCCCCC(C)C)OC(=O)CCCCCCCCCCCCCCCCCC(C)C. The molecule has 19 heteroatoms. The van der Waals surface area contributed by atoms with Gasteiger partial charge in [-0.2, -0.15) is 0 Å². The van der Waals surface area contributed by atoms with Crippen molar-refractivity contribution in [3.63, 3.8) is 0 Å². The zero-order chi connectivity index (χ0) is 79.3. The van der Waals surface area contributed by atoms with Crippen LogP contribution >= 0.6 is 15.6 Å². The van der Waals surface area contributed by atoms with Crippen LogP contribution < -0.4 is 0 Å². The number of carbonyl (C=O) groups excluding carboxylic acids is 4. The van der Waals surface area contributed by atoms with E-state index in [2.05, 4.69) is 48.5 Å². The number of ether oxygens (including phenoxy) is 4. The molecule has 0 fully saturated rings. The molecule has 0 aromatic rings. The molecule has 0 rings (SSSR count). The van der Waals surface area contributed by atoms with E-state index >= 15 is 0 Å². The summed E-state index contributed by atoms with van der Waals surface area (Å²) in [6.07, 6.45) is 70.8. The van der Waals surface area contributed by atoms with E-state index in [4.69, 9.17) is 37.0 Å². The van der Waals surface area contributed by atoms with E-state index in [0.717, 1.165) is 108 Å². The van der Waals surface area contributed by atoms with Crippen LogP contribution in [0.1, 0.15) is 472 Å². The molecule has 0 aliphatic carbocycles. The lowest BCUT2D eigenvalue weighted by Gasteiger charge is -2.21. The molecule has 5 atom stereocenters. The van der Waals surface area contributed by atoms with Crippen molar-refractivity contribution in [2.75, 3.05) is 39.6 Å². The molecule has 642 valence electrons. The van der Waals surface area contributed by atoms with Gasteiger partial charge in [-0.05, 0) is 43.4 Å². The van der Waals surface area contributed by atoms with Crippen molar-refractivity contribution in [1.82, 2.24) is 0 Å². The molecule has 0 aliphatic rings. The number of hydrogen-bond donors (Lipinski definition) is 3. The summed E-state index contributed by atoms with van der Waals surface area (Å²) in [5, 5.41) is 10.7. The van der Waals surface area contributed by atoms with Gasteiger partial charge in [0.05, 0.1) is 26.4 Å². The molecular formula is C89H174O17P2. The van der Waals surface area contributed by atoms with Crippen molar-refractivity contribution in [1.29, 1.82) is 0 Å². The third-order valence-corrected chi connectivity index (χ3v) is 22.8. The fraction of sp³-hybridized carbons (Fsp3) is 0.955. The molecule has 17 nitrogen and oxygen atoms in total. The maximum atomic E-state index is 13.2. The van der Waals surface area contributed by atoms with Gasteiger partial charge in [-0.3, -0.25) is 37.3 Å².